The summed E-state index contributed by atoms with van der Waals surface area (Å²) in [7, 11) is 1.48. The van der Waals surface area contributed by atoms with Gasteiger partial charge < -0.3 is 9.84 Å². The number of aliphatic hydroxyl groups excluding tert-OH is 1. The number of rotatable bonds is 6. The molecule has 0 saturated heterocycles. The quantitative estimate of drug-likeness (QED) is 0.315. The molecule has 0 bridgehead atoms. The predicted octanol–water partition coefficient (Wildman–Crippen LogP) is 7.06. The number of methoxy groups -OCH3 is 1. The first-order valence-corrected chi connectivity index (χ1v) is 14.4. The van der Waals surface area contributed by atoms with Gasteiger partial charge in [-0.1, -0.05) is 57.9 Å². The van der Waals surface area contributed by atoms with E-state index >= 15 is 0 Å². The van der Waals surface area contributed by atoms with Gasteiger partial charge in [-0.3, -0.25) is 9.59 Å². The Morgan fingerprint density at radius 1 is 1.22 bits per heavy atom. The van der Waals surface area contributed by atoms with Crippen molar-refractivity contribution < 1.29 is 19.4 Å². The molecule has 4 aliphatic carbocycles. The van der Waals surface area contributed by atoms with Gasteiger partial charge in [0, 0.05) is 17.8 Å². The zero-order chi connectivity index (χ0) is 26.7. The van der Waals surface area contributed by atoms with E-state index in [-0.39, 0.29) is 39.5 Å². The number of carbonyl (C=O) groups excluding carboxylic acids is 2. The number of allylic oxidation sites excluding steroid dienone is 4. The summed E-state index contributed by atoms with van der Waals surface area (Å²) in [6, 6.07) is 0. The van der Waals surface area contributed by atoms with Crippen LogP contribution in [0.3, 0.4) is 0 Å². The van der Waals surface area contributed by atoms with Crippen LogP contribution >= 0.6 is 0 Å². The molecule has 0 unspecified atom stereocenters. The summed E-state index contributed by atoms with van der Waals surface area (Å²) in [6.45, 7) is 15.7. The molecule has 4 nitrogen and oxygen atoms in total. The van der Waals surface area contributed by atoms with Crippen LogP contribution in [-0.2, 0) is 14.3 Å². The van der Waals surface area contributed by atoms with Crippen molar-refractivity contribution in [1.82, 2.24) is 0 Å². The van der Waals surface area contributed by atoms with E-state index in [2.05, 4.69) is 60.6 Å². The SMILES string of the molecule is CC[C@@]1(C)C(=O)CC[C@@]2(C)[C@H]1CC=C1[C@@H]2CC[C@@]2(C)[C@H]([C@@H](CCC=C(C)C)C(=O)OC)[C@@H](O)C[C@]12C. The van der Waals surface area contributed by atoms with Crippen LogP contribution in [0.5, 0.6) is 0 Å². The van der Waals surface area contributed by atoms with E-state index in [0.717, 1.165) is 38.5 Å². The summed E-state index contributed by atoms with van der Waals surface area (Å²) < 4.78 is 5.31. The molecule has 0 radical (unpaired) electrons. The van der Waals surface area contributed by atoms with E-state index in [0.29, 0.717) is 36.9 Å². The maximum absolute atomic E-state index is 13.1. The van der Waals surface area contributed by atoms with Crippen LogP contribution in [0.4, 0.5) is 0 Å². The maximum Gasteiger partial charge on any atom is 0.309 e. The molecule has 3 saturated carbocycles. The minimum absolute atomic E-state index is 0.110. The molecule has 4 heteroatoms. The highest BCUT2D eigenvalue weighted by Crippen LogP contribution is 2.73. The summed E-state index contributed by atoms with van der Waals surface area (Å²) in [6.07, 6.45) is 12.0. The first kappa shape index (κ1) is 27.6. The van der Waals surface area contributed by atoms with E-state index in [4.69, 9.17) is 4.74 Å². The summed E-state index contributed by atoms with van der Waals surface area (Å²) in [5.74, 6) is 0.690. The Morgan fingerprint density at radius 3 is 2.53 bits per heavy atom. The number of ether oxygens (including phenoxy) is 1. The van der Waals surface area contributed by atoms with Gasteiger partial charge in [-0.15, -0.1) is 0 Å². The fraction of sp³-hybridized carbons (Fsp3) is 0.812. The fourth-order valence-corrected chi connectivity index (χ4v) is 9.76. The predicted molar refractivity (Wildman–Crippen MR) is 144 cm³/mol. The van der Waals surface area contributed by atoms with Crippen molar-refractivity contribution in [1.29, 1.82) is 0 Å². The minimum atomic E-state index is -0.519. The van der Waals surface area contributed by atoms with Crippen molar-refractivity contribution in [3.63, 3.8) is 0 Å². The van der Waals surface area contributed by atoms with E-state index in [9.17, 15) is 14.7 Å². The molecule has 0 aliphatic heterocycles. The maximum atomic E-state index is 13.1. The number of ketones is 1. The van der Waals surface area contributed by atoms with Crippen LogP contribution in [0.25, 0.3) is 0 Å². The van der Waals surface area contributed by atoms with E-state index in [1.807, 2.05) is 0 Å². The largest absolute Gasteiger partial charge is 0.469 e. The van der Waals surface area contributed by atoms with Crippen LogP contribution in [0.15, 0.2) is 23.3 Å². The molecule has 0 aromatic heterocycles. The highest BCUT2D eigenvalue weighted by Gasteiger charge is 2.68. The molecule has 0 spiro atoms. The Labute approximate surface area is 219 Å². The molecule has 0 aromatic rings. The second kappa shape index (κ2) is 9.40. The Kier molecular flexibility index (Phi) is 7.21. The number of Topliss-reactive ketones (excluding diaryl/α,β-unsaturated/α-hetero) is 1. The molecule has 4 aliphatic rings. The number of carbonyl (C=O) groups is 2. The minimum Gasteiger partial charge on any atom is -0.469 e. The van der Waals surface area contributed by atoms with Gasteiger partial charge in [0.05, 0.1) is 19.1 Å². The second-order valence-corrected chi connectivity index (χ2v) is 13.8. The lowest BCUT2D eigenvalue weighted by molar-refractivity contribution is -0.154. The number of fused-ring (bicyclic) bond motifs is 5. The molecule has 1 N–H and O–H groups in total. The lowest BCUT2D eigenvalue weighted by Crippen LogP contribution is -2.58. The van der Waals surface area contributed by atoms with Crippen LogP contribution in [0, 0.1) is 45.3 Å². The van der Waals surface area contributed by atoms with Gasteiger partial charge in [0.2, 0.25) is 0 Å². The third kappa shape index (κ3) is 3.79. The zero-order valence-corrected chi connectivity index (χ0v) is 24.1. The molecule has 202 valence electrons. The van der Waals surface area contributed by atoms with Gasteiger partial charge in [-0.2, -0.15) is 0 Å². The Hall–Kier alpha value is -1.42. The number of hydrogen-bond donors (Lipinski definition) is 1. The molecule has 0 amide bonds. The monoisotopic (exact) mass is 498 g/mol. The topological polar surface area (TPSA) is 63.6 Å². The zero-order valence-electron chi connectivity index (χ0n) is 24.1. The van der Waals surface area contributed by atoms with Crippen LogP contribution in [0.2, 0.25) is 0 Å². The third-order valence-corrected chi connectivity index (χ3v) is 12.2. The van der Waals surface area contributed by atoms with Gasteiger partial charge in [-0.05, 0) is 93.3 Å². The van der Waals surface area contributed by atoms with Gasteiger partial charge in [0.1, 0.15) is 5.78 Å². The smallest absolute Gasteiger partial charge is 0.309 e. The third-order valence-electron chi connectivity index (χ3n) is 12.2. The normalized spacial score (nSPS) is 44.6. The lowest BCUT2D eigenvalue weighted by Gasteiger charge is -2.63. The molecule has 36 heavy (non-hydrogen) atoms. The van der Waals surface area contributed by atoms with Gasteiger partial charge in [-0.25, -0.2) is 0 Å². The lowest BCUT2D eigenvalue weighted by atomic mass is 9.40. The van der Waals surface area contributed by atoms with Crippen LogP contribution < -0.4 is 0 Å². The number of esters is 1. The van der Waals surface area contributed by atoms with E-state index < -0.39 is 6.10 Å². The standard InChI is InChI=1S/C32H50O4/c1-9-29(4)25-14-13-23-22(30(25,5)17-16-26(29)34)15-18-31(6)27(24(33)19-32(23,31)7)21(28(35)36-8)12-10-11-20(2)3/h11,13,21-22,24-25,27,33H,9-10,12,14-19H2,1-8H3/t21-,22+,24+,25+,27-,29-,30-,31+,32-/m1/s1. The first-order valence-electron chi connectivity index (χ1n) is 14.4. The highest BCUT2D eigenvalue weighted by atomic mass is 16.5. The highest BCUT2D eigenvalue weighted by molar-refractivity contribution is 5.86. The van der Waals surface area contributed by atoms with Crippen molar-refractivity contribution in [3.8, 4) is 0 Å². The van der Waals surface area contributed by atoms with Crippen molar-refractivity contribution in [3.05, 3.63) is 23.3 Å². The summed E-state index contributed by atoms with van der Waals surface area (Å²) in [5, 5.41) is 11.6. The van der Waals surface area contributed by atoms with Crippen molar-refractivity contribution in [2.75, 3.05) is 7.11 Å². The van der Waals surface area contributed by atoms with Crippen LogP contribution in [-0.4, -0.2) is 30.1 Å². The Morgan fingerprint density at radius 2 is 1.92 bits per heavy atom. The molecule has 9 atom stereocenters. The molecule has 4 rings (SSSR count). The second-order valence-electron chi connectivity index (χ2n) is 13.8. The number of hydrogen-bond acceptors (Lipinski definition) is 4. The molecule has 0 aromatic carbocycles. The number of aliphatic hydroxyl groups is 1. The molecule has 3 fully saturated rings. The molecular formula is C32H50O4. The summed E-state index contributed by atoms with van der Waals surface area (Å²) >= 11 is 0. The first-order chi connectivity index (χ1) is 16.8. The van der Waals surface area contributed by atoms with Gasteiger partial charge in [0.25, 0.3) is 0 Å². The van der Waals surface area contributed by atoms with Crippen molar-refractivity contribution in [2.45, 2.75) is 112 Å². The average molecular weight is 499 g/mol. The van der Waals surface area contributed by atoms with E-state index in [1.54, 1.807) is 0 Å². The summed E-state index contributed by atoms with van der Waals surface area (Å²) in [5.41, 5.74) is 2.32. The summed E-state index contributed by atoms with van der Waals surface area (Å²) in [4.78, 5) is 26.2. The van der Waals surface area contributed by atoms with Gasteiger partial charge in [0.15, 0.2) is 0 Å². The Balaban J connectivity index is 1.73. The van der Waals surface area contributed by atoms with Crippen molar-refractivity contribution in [2.24, 2.45) is 45.3 Å². The van der Waals surface area contributed by atoms with Crippen LogP contribution in [0.1, 0.15) is 106 Å². The van der Waals surface area contributed by atoms with E-state index in [1.165, 1.54) is 18.3 Å². The van der Waals surface area contributed by atoms with Gasteiger partial charge >= 0.3 is 5.97 Å². The fourth-order valence-electron chi connectivity index (χ4n) is 9.76. The average Bonchev–Trinajstić information content (AvgIpc) is 3.04. The molecular weight excluding hydrogens is 448 g/mol. The molecule has 0 heterocycles. The van der Waals surface area contributed by atoms with Crippen molar-refractivity contribution >= 4 is 11.8 Å². The Bertz CT molecular complexity index is 959.